The molecule has 2 rings (SSSR count). The molecule has 2 nitrogen and oxygen atoms in total. The molecule has 1 amide bonds. The molecule has 4 heteroatoms. The minimum Gasteiger partial charge on any atom is -0.345 e. The van der Waals surface area contributed by atoms with Gasteiger partial charge >= 0.3 is 0 Å². The monoisotopic (exact) mass is 323 g/mol. The number of carbonyl (C=O) groups is 1. The van der Waals surface area contributed by atoms with E-state index in [4.69, 9.17) is 0 Å². The maximum Gasteiger partial charge on any atom is 0.262 e. The van der Waals surface area contributed by atoms with Crippen LogP contribution in [-0.2, 0) is 0 Å². The van der Waals surface area contributed by atoms with Crippen LogP contribution in [0.1, 0.15) is 33.8 Å². The third-order valence-corrected chi connectivity index (χ3v) is 4.66. The lowest BCUT2D eigenvalue weighted by Gasteiger charge is -2.16. The molecule has 1 aromatic carbocycles. The number of aryl methyl sites for hydroxylation is 1. The molecule has 0 fully saturated rings. The van der Waals surface area contributed by atoms with Gasteiger partial charge in [-0.05, 0) is 52.4 Å². The highest BCUT2D eigenvalue weighted by Gasteiger charge is 2.15. The molecule has 0 aliphatic rings. The van der Waals surface area contributed by atoms with Gasteiger partial charge in [0.2, 0.25) is 0 Å². The van der Waals surface area contributed by atoms with Crippen LogP contribution in [0, 0.1) is 6.92 Å². The highest BCUT2D eigenvalue weighted by atomic mass is 79.9. The molecule has 1 aromatic heterocycles. The summed E-state index contributed by atoms with van der Waals surface area (Å²) in [5.74, 6) is -0.0346. The van der Waals surface area contributed by atoms with E-state index in [0.717, 1.165) is 14.9 Å². The number of halogens is 1. The fourth-order valence-corrected chi connectivity index (χ4v) is 3.32. The first-order chi connectivity index (χ1) is 8.59. The number of carbonyl (C=O) groups excluding carboxylic acids is 1. The van der Waals surface area contributed by atoms with Gasteiger partial charge in [0.05, 0.1) is 6.04 Å². The van der Waals surface area contributed by atoms with E-state index in [1.54, 1.807) is 0 Å². The van der Waals surface area contributed by atoms with E-state index in [0.29, 0.717) is 0 Å². The van der Waals surface area contributed by atoms with Gasteiger partial charge in [-0.25, -0.2) is 0 Å². The van der Waals surface area contributed by atoms with Gasteiger partial charge in [-0.15, -0.1) is 11.3 Å². The molecule has 1 N–H and O–H groups in total. The summed E-state index contributed by atoms with van der Waals surface area (Å²) in [6.07, 6.45) is 0. The number of hydrogen-bond donors (Lipinski definition) is 1. The molecule has 0 aliphatic heterocycles. The topological polar surface area (TPSA) is 29.1 Å². The summed E-state index contributed by atoms with van der Waals surface area (Å²) in [6.45, 7) is 4.06. The molecule has 1 atom stereocenters. The Morgan fingerprint density at radius 2 is 2.06 bits per heavy atom. The Morgan fingerprint density at radius 1 is 1.33 bits per heavy atom. The first-order valence-electron chi connectivity index (χ1n) is 5.69. The predicted molar refractivity (Wildman–Crippen MR) is 79.1 cm³/mol. The lowest BCUT2D eigenvalue weighted by molar-refractivity contribution is 0.0943. The Bertz CT molecular complexity index is 564. The van der Waals surface area contributed by atoms with Gasteiger partial charge < -0.3 is 5.32 Å². The number of amides is 1. The molecule has 1 heterocycles. The third kappa shape index (κ3) is 2.82. The summed E-state index contributed by atoms with van der Waals surface area (Å²) in [7, 11) is 0. The van der Waals surface area contributed by atoms with Crippen molar-refractivity contribution in [1.82, 2.24) is 5.32 Å². The minimum atomic E-state index is -0.0346. The van der Waals surface area contributed by atoms with E-state index in [-0.39, 0.29) is 11.9 Å². The van der Waals surface area contributed by atoms with Gasteiger partial charge in [0.25, 0.3) is 5.91 Å². The Morgan fingerprint density at radius 3 is 2.67 bits per heavy atom. The summed E-state index contributed by atoms with van der Waals surface area (Å²) in [5, 5.41) is 4.92. The standard InChI is InChI=1S/C14H14BrNOS/c1-9-5-3-4-6-11(9)10(2)16-14(17)13-12(15)7-8-18-13/h3-8,10H,1-2H3,(H,16,17). The zero-order valence-electron chi connectivity index (χ0n) is 10.2. The van der Waals surface area contributed by atoms with Crippen LogP contribution in [0.4, 0.5) is 0 Å². The average Bonchev–Trinajstić information content (AvgIpc) is 2.76. The van der Waals surface area contributed by atoms with Gasteiger partial charge in [-0.1, -0.05) is 24.3 Å². The predicted octanol–water partition coefficient (Wildman–Crippen LogP) is 4.31. The van der Waals surface area contributed by atoms with Crippen LogP contribution in [0.5, 0.6) is 0 Å². The highest BCUT2D eigenvalue weighted by molar-refractivity contribution is 9.10. The molecule has 0 saturated carbocycles. The largest absolute Gasteiger partial charge is 0.345 e. The maximum atomic E-state index is 12.1. The summed E-state index contributed by atoms with van der Waals surface area (Å²) < 4.78 is 0.849. The van der Waals surface area contributed by atoms with E-state index in [1.807, 2.05) is 36.6 Å². The molecule has 0 radical (unpaired) electrons. The normalized spacial score (nSPS) is 12.2. The SMILES string of the molecule is Cc1ccccc1C(C)NC(=O)c1sccc1Br. The number of thiophene rings is 1. The van der Waals surface area contributed by atoms with Gasteiger partial charge in [-0.3, -0.25) is 4.79 Å². The second-order valence-electron chi connectivity index (χ2n) is 4.15. The Kier molecular flexibility index (Phi) is 4.19. The van der Waals surface area contributed by atoms with Crippen molar-refractivity contribution >= 4 is 33.2 Å². The van der Waals surface area contributed by atoms with E-state index >= 15 is 0 Å². The van der Waals surface area contributed by atoms with Crippen molar-refractivity contribution in [2.45, 2.75) is 19.9 Å². The van der Waals surface area contributed by atoms with Crippen LogP contribution in [0.25, 0.3) is 0 Å². The molecule has 2 aromatic rings. The van der Waals surface area contributed by atoms with Gasteiger partial charge in [0.15, 0.2) is 0 Å². The summed E-state index contributed by atoms with van der Waals surface area (Å²) in [5.41, 5.74) is 2.34. The lowest BCUT2D eigenvalue weighted by atomic mass is 10.0. The van der Waals surface area contributed by atoms with Crippen molar-refractivity contribution in [2.75, 3.05) is 0 Å². The van der Waals surface area contributed by atoms with Crippen molar-refractivity contribution < 1.29 is 4.79 Å². The Hall–Kier alpha value is -1.13. The van der Waals surface area contributed by atoms with Crippen molar-refractivity contribution in [3.8, 4) is 0 Å². The first-order valence-corrected chi connectivity index (χ1v) is 7.36. The van der Waals surface area contributed by atoms with E-state index in [9.17, 15) is 4.79 Å². The second-order valence-corrected chi connectivity index (χ2v) is 5.92. The number of hydrogen-bond acceptors (Lipinski definition) is 2. The molecule has 0 bridgehead atoms. The number of benzene rings is 1. The number of nitrogens with one attached hydrogen (secondary N) is 1. The fraction of sp³-hybridized carbons (Fsp3) is 0.214. The van der Waals surface area contributed by atoms with Gasteiger partial charge in [0.1, 0.15) is 4.88 Å². The summed E-state index contributed by atoms with van der Waals surface area (Å²) in [6, 6.07) is 9.99. The Labute approximate surface area is 119 Å². The first kappa shape index (κ1) is 13.3. The molecule has 94 valence electrons. The fourth-order valence-electron chi connectivity index (χ4n) is 1.87. The van der Waals surface area contributed by atoms with Crippen LogP contribution in [0.15, 0.2) is 40.2 Å². The smallest absolute Gasteiger partial charge is 0.262 e. The zero-order valence-corrected chi connectivity index (χ0v) is 12.6. The Balaban J connectivity index is 2.13. The summed E-state index contributed by atoms with van der Waals surface area (Å²) >= 11 is 4.82. The van der Waals surface area contributed by atoms with Crippen LogP contribution in [0.3, 0.4) is 0 Å². The van der Waals surface area contributed by atoms with E-state index < -0.39 is 0 Å². The summed E-state index contributed by atoms with van der Waals surface area (Å²) in [4.78, 5) is 12.8. The molecule has 0 spiro atoms. The molecule has 0 saturated heterocycles. The molecule has 1 unspecified atom stereocenters. The van der Waals surface area contributed by atoms with Crippen molar-refractivity contribution in [1.29, 1.82) is 0 Å². The van der Waals surface area contributed by atoms with Crippen LogP contribution in [-0.4, -0.2) is 5.91 Å². The maximum absolute atomic E-state index is 12.1. The third-order valence-electron chi connectivity index (χ3n) is 2.83. The highest BCUT2D eigenvalue weighted by Crippen LogP contribution is 2.24. The average molecular weight is 324 g/mol. The van der Waals surface area contributed by atoms with Crippen LogP contribution >= 0.6 is 27.3 Å². The second kappa shape index (κ2) is 5.67. The van der Waals surface area contributed by atoms with E-state index in [1.165, 1.54) is 16.9 Å². The minimum absolute atomic E-state index is 0.00713. The van der Waals surface area contributed by atoms with Gasteiger partial charge in [0, 0.05) is 4.47 Å². The van der Waals surface area contributed by atoms with Crippen molar-refractivity contribution in [3.63, 3.8) is 0 Å². The van der Waals surface area contributed by atoms with Crippen molar-refractivity contribution in [2.24, 2.45) is 0 Å². The zero-order chi connectivity index (χ0) is 13.1. The molecule has 18 heavy (non-hydrogen) atoms. The van der Waals surface area contributed by atoms with Crippen molar-refractivity contribution in [3.05, 3.63) is 56.2 Å². The number of rotatable bonds is 3. The quantitative estimate of drug-likeness (QED) is 0.895. The lowest BCUT2D eigenvalue weighted by Crippen LogP contribution is -2.26. The van der Waals surface area contributed by atoms with Crippen LogP contribution in [0.2, 0.25) is 0 Å². The van der Waals surface area contributed by atoms with Crippen LogP contribution < -0.4 is 5.32 Å². The molecular formula is C14H14BrNOS. The molecule has 0 aliphatic carbocycles. The van der Waals surface area contributed by atoms with E-state index in [2.05, 4.69) is 34.2 Å². The molecular weight excluding hydrogens is 310 g/mol. The van der Waals surface area contributed by atoms with Gasteiger partial charge in [-0.2, -0.15) is 0 Å².